The smallest absolute Gasteiger partial charge is 0.231 e. The standard InChI is InChI=1S/C12H13NO2S/c1-3-7-13-12(14)9-16-11-6-4-5-10(8-11)15-2/h1,4-6,8H,7,9H2,2H3,(H,13,14). The summed E-state index contributed by atoms with van der Waals surface area (Å²) in [7, 11) is 1.61. The van der Waals surface area contributed by atoms with Gasteiger partial charge in [0.2, 0.25) is 5.91 Å². The fraction of sp³-hybridized carbons (Fsp3) is 0.250. The third-order valence-electron chi connectivity index (χ3n) is 1.80. The van der Waals surface area contributed by atoms with Crippen LogP contribution in [0.25, 0.3) is 0 Å². The van der Waals surface area contributed by atoms with E-state index in [9.17, 15) is 4.79 Å². The van der Waals surface area contributed by atoms with Crippen LogP contribution in [0.4, 0.5) is 0 Å². The van der Waals surface area contributed by atoms with Crippen LogP contribution in [0.1, 0.15) is 0 Å². The molecule has 1 aromatic rings. The maximum atomic E-state index is 11.3. The van der Waals surface area contributed by atoms with Crippen LogP contribution in [-0.4, -0.2) is 25.3 Å². The van der Waals surface area contributed by atoms with Crippen molar-refractivity contribution in [2.24, 2.45) is 0 Å². The van der Waals surface area contributed by atoms with Crippen molar-refractivity contribution in [1.29, 1.82) is 0 Å². The molecule has 0 radical (unpaired) electrons. The first kappa shape index (κ1) is 12.5. The average Bonchev–Trinajstić information content (AvgIpc) is 2.34. The van der Waals surface area contributed by atoms with E-state index in [4.69, 9.17) is 11.2 Å². The van der Waals surface area contributed by atoms with Crippen molar-refractivity contribution in [1.82, 2.24) is 5.32 Å². The van der Waals surface area contributed by atoms with Gasteiger partial charge in [0.1, 0.15) is 5.75 Å². The summed E-state index contributed by atoms with van der Waals surface area (Å²) in [6.07, 6.45) is 5.03. The van der Waals surface area contributed by atoms with Gasteiger partial charge in [0.05, 0.1) is 19.4 Å². The topological polar surface area (TPSA) is 38.3 Å². The minimum Gasteiger partial charge on any atom is -0.497 e. The first-order valence-corrected chi connectivity index (χ1v) is 5.72. The Balaban J connectivity index is 2.42. The average molecular weight is 235 g/mol. The Hall–Kier alpha value is -1.60. The number of thioether (sulfide) groups is 1. The van der Waals surface area contributed by atoms with Gasteiger partial charge in [-0.15, -0.1) is 18.2 Å². The molecule has 1 amide bonds. The fourth-order valence-corrected chi connectivity index (χ4v) is 1.81. The summed E-state index contributed by atoms with van der Waals surface area (Å²) in [5, 5.41) is 2.60. The molecule has 0 aromatic heterocycles. The normalized spacial score (nSPS) is 9.25. The molecule has 16 heavy (non-hydrogen) atoms. The van der Waals surface area contributed by atoms with Crippen LogP contribution in [0.5, 0.6) is 5.75 Å². The molecule has 0 saturated carbocycles. The molecule has 0 saturated heterocycles. The zero-order chi connectivity index (χ0) is 11.8. The summed E-state index contributed by atoms with van der Waals surface area (Å²) in [5.74, 6) is 3.43. The van der Waals surface area contributed by atoms with Gasteiger partial charge in [-0.05, 0) is 18.2 Å². The molecule has 1 rings (SSSR count). The molecule has 0 unspecified atom stereocenters. The number of hydrogen-bond donors (Lipinski definition) is 1. The summed E-state index contributed by atoms with van der Waals surface area (Å²) >= 11 is 1.45. The highest BCUT2D eigenvalue weighted by atomic mass is 32.2. The minimum atomic E-state index is -0.0641. The van der Waals surface area contributed by atoms with Gasteiger partial charge in [0.15, 0.2) is 0 Å². The molecular weight excluding hydrogens is 222 g/mol. The van der Waals surface area contributed by atoms with Gasteiger partial charge in [-0.2, -0.15) is 0 Å². The Morgan fingerprint density at radius 1 is 1.62 bits per heavy atom. The Labute approximate surface area is 99.6 Å². The first-order chi connectivity index (χ1) is 7.76. The van der Waals surface area contributed by atoms with Gasteiger partial charge in [-0.1, -0.05) is 12.0 Å². The second-order valence-corrected chi connectivity index (χ2v) is 4.00. The van der Waals surface area contributed by atoms with Gasteiger partial charge >= 0.3 is 0 Å². The van der Waals surface area contributed by atoms with Crippen LogP contribution in [0.3, 0.4) is 0 Å². The van der Waals surface area contributed by atoms with Crippen molar-refractivity contribution in [3.63, 3.8) is 0 Å². The number of amides is 1. The summed E-state index contributed by atoms with van der Waals surface area (Å²) in [5.41, 5.74) is 0. The van der Waals surface area contributed by atoms with E-state index >= 15 is 0 Å². The van der Waals surface area contributed by atoms with Crippen LogP contribution < -0.4 is 10.1 Å². The van der Waals surface area contributed by atoms with Crippen LogP contribution in [-0.2, 0) is 4.79 Å². The van der Waals surface area contributed by atoms with Crippen LogP contribution in [0.15, 0.2) is 29.2 Å². The van der Waals surface area contributed by atoms with E-state index in [2.05, 4.69) is 11.2 Å². The van der Waals surface area contributed by atoms with E-state index in [1.807, 2.05) is 24.3 Å². The maximum absolute atomic E-state index is 11.3. The number of carbonyl (C=O) groups is 1. The number of carbonyl (C=O) groups excluding carboxylic acids is 1. The van der Waals surface area contributed by atoms with Crippen molar-refractivity contribution < 1.29 is 9.53 Å². The highest BCUT2D eigenvalue weighted by Crippen LogP contribution is 2.22. The van der Waals surface area contributed by atoms with Gasteiger partial charge in [0.25, 0.3) is 0 Å². The van der Waals surface area contributed by atoms with E-state index < -0.39 is 0 Å². The molecule has 0 atom stereocenters. The van der Waals surface area contributed by atoms with Crippen molar-refractivity contribution in [3.8, 4) is 18.1 Å². The lowest BCUT2D eigenvalue weighted by atomic mass is 10.3. The van der Waals surface area contributed by atoms with E-state index in [1.165, 1.54) is 11.8 Å². The van der Waals surface area contributed by atoms with Crippen LogP contribution >= 0.6 is 11.8 Å². The number of hydrogen-bond acceptors (Lipinski definition) is 3. The zero-order valence-corrected chi connectivity index (χ0v) is 9.84. The molecule has 0 heterocycles. The zero-order valence-electron chi connectivity index (χ0n) is 9.03. The van der Waals surface area contributed by atoms with Gasteiger partial charge in [0, 0.05) is 4.90 Å². The molecule has 0 aliphatic carbocycles. The molecule has 0 aliphatic heterocycles. The SMILES string of the molecule is C#CCNC(=O)CSc1cccc(OC)c1. The van der Waals surface area contributed by atoms with Crippen LogP contribution in [0.2, 0.25) is 0 Å². The lowest BCUT2D eigenvalue weighted by Gasteiger charge is -2.04. The van der Waals surface area contributed by atoms with Gasteiger partial charge in [-0.3, -0.25) is 4.79 Å². The second kappa shape index (κ2) is 6.81. The third-order valence-corrected chi connectivity index (χ3v) is 2.79. The quantitative estimate of drug-likeness (QED) is 0.621. The molecule has 3 nitrogen and oxygen atoms in total. The molecule has 0 spiro atoms. The number of methoxy groups -OCH3 is 1. The highest BCUT2D eigenvalue weighted by Gasteiger charge is 2.02. The van der Waals surface area contributed by atoms with Gasteiger partial charge in [-0.25, -0.2) is 0 Å². The van der Waals surface area contributed by atoms with Crippen molar-refractivity contribution in [3.05, 3.63) is 24.3 Å². The Morgan fingerprint density at radius 3 is 3.12 bits per heavy atom. The number of terminal acetylenes is 1. The van der Waals surface area contributed by atoms with Crippen molar-refractivity contribution in [2.45, 2.75) is 4.90 Å². The fourth-order valence-electron chi connectivity index (χ4n) is 1.04. The predicted octanol–water partition coefficient (Wildman–Crippen LogP) is 1.54. The predicted molar refractivity (Wildman–Crippen MR) is 65.6 cm³/mol. The Bertz CT molecular complexity index is 398. The molecular formula is C12H13NO2S. The largest absolute Gasteiger partial charge is 0.497 e. The van der Waals surface area contributed by atoms with Crippen molar-refractivity contribution >= 4 is 17.7 Å². The molecule has 1 aromatic carbocycles. The molecule has 0 aliphatic rings. The first-order valence-electron chi connectivity index (χ1n) is 4.73. The lowest BCUT2D eigenvalue weighted by Crippen LogP contribution is -2.25. The molecule has 0 fully saturated rings. The Kier molecular flexibility index (Phi) is 5.30. The lowest BCUT2D eigenvalue weighted by molar-refractivity contribution is -0.118. The van der Waals surface area contributed by atoms with Crippen molar-refractivity contribution in [2.75, 3.05) is 19.4 Å². The second-order valence-electron chi connectivity index (χ2n) is 2.95. The van der Waals surface area contributed by atoms with E-state index in [1.54, 1.807) is 7.11 Å². The van der Waals surface area contributed by atoms with E-state index in [-0.39, 0.29) is 12.5 Å². The summed E-state index contributed by atoms with van der Waals surface area (Å²) < 4.78 is 5.09. The van der Waals surface area contributed by atoms with E-state index in [0.717, 1.165) is 10.6 Å². The van der Waals surface area contributed by atoms with Crippen LogP contribution in [0, 0.1) is 12.3 Å². The number of benzene rings is 1. The third kappa shape index (κ3) is 4.28. The monoisotopic (exact) mass is 235 g/mol. The Morgan fingerprint density at radius 2 is 2.44 bits per heavy atom. The number of nitrogens with one attached hydrogen (secondary N) is 1. The molecule has 0 bridgehead atoms. The molecule has 1 N–H and O–H groups in total. The number of ether oxygens (including phenoxy) is 1. The van der Waals surface area contributed by atoms with E-state index in [0.29, 0.717) is 5.75 Å². The number of rotatable bonds is 5. The van der Waals surface area contributed by atoms with Gasteiger partial charge < -0.3 is 10.1 Å². The summed E-state index contributed by atoms with van der Waals surface area (Å²) in [6.45, 7) is 0.275. The molecule has 84 valence electrons. The summed E-state index contributed by atoms with van der Waals surface area (Å²) in [6, 6.07) is 7.57. The minimum absolute atomic E-state index is 0.0641. The summed E-state index contributed by atoms with van der Waals surface area (Å²) in [4.78, 5) is 12.3. The molecule has 4 heteroatoms. The highest BCUT2D eigenvalue weighted by molar-refractivity contribution is 8.00. The maximum Gasteiger partial charge on any atom is 0.231 e.